The number of piperidine rings is 1. The maximum atomic E-state index is 12.5. The van der Waals surface area contributed by atoms with Crippen molar-refractivity contribution in [3.8, 4) is 6.07 Å². The first-order chi connectivity index (χ1) is 12.2. The molecule has 3 aromatic rings. The number of fused-ring (bicyclic) bond motifs is 1. The van der Waals surface area contributed by atoms with E-state index >= 15 is 0 Å². The lowest BCUT2D eigenvalue weighted by Crippen LogP contribution is -2.38. The lowest BCUT2D eigenvalue weighted by molar-refractivity contribution is 0.0695. The van der Waals surface area contributed by atoms with Crippen LogP contribution in [-0.4, -0.2) is 33.9 Å². The van der Waals surface area contributed by atoms with Crippen molar-refractivity contribution in [1.29, 1.82) is 5.26 Å². The molecule has 3 heterocycles. The number of aromatic amines is 1. The van der Waals surface area contributed by atoms with E-state index in [9.17, 15) is 4.79 Å². The molecule has 0 bridgehead atoms. The molecule has 0 atom stereocenters. The second-order valence-corrected chi connectivity index (χ2v) is 7.36. The van der Waals surface area contributed by atoms with E-state index in [1.807, 2.05) is 29.2 Å². The fraction of sp³-hybridized carbons (Fsp3) is 0.316. The Morgan fingerprint density at radius 1 is 1.36 bits per heavy atom. The van der Waals surface area contributed by atoms with Gasteiger partial charge < -0.3 is 9.88 Å². The Morgan fingerprint density at radius 2 is 2.16 bits per heavy atom. The first-order valence-corrected chi connectivity index (χ1v) is 9.32. The number of amides is 1. The lowest BCUT2D eigenvalue weighted by Gasteiger charge is -2.31. The minimum atomic E-state index is 0.0497. The predicted octanol–water partition coefficient (Wildman–Crippen LogP) is 3.59. The lowest BCUT2D eigenvalue weighted by atomic mass is 9.93. The quantitative estimate of drug-likeness (QED) is 0.784. The summed E-state index contributed by atoms with van der Waals surface area (Å²) in [4.78, 5) is 23.1. The number of rotatable bonds is 3. The highest BCUT2D eigenvalue weighted by atomic mass is 32.1. The minimum Gasteiger partial charge on any atom is -0.342 e. The van der Waals surface area contributed by atoms with Gasteiger partial charge in [-0.15, -0.1) is 11.3 Å². The zero-order valence-electron chi connectivity index (χ0n) is 13.7. The molecule has 1 aromatic carbocycles. The summed E-state index contributed by atoms with van der Waals surface area (Å²) in [5.41, 5.74) is 2.65. The maximum absolute atomic E-state index is 12.5. The van der Waals surface area contributed by atoms with Gasteiger partial charge in [0.15, 0.2) is 0 Å². The molecule has 0 saturated carbocycles. The molecule has 1 saturated heterocycles. The minimum absolute atomic E-state index is 0.0497. The molecular weight excluding hydrogens is 332 g/mol. The zero-order valence-corrected chi connectivity index (χ0v) is 14.6. The van der Waals surface area contributed by atoms with Gasteiger partial charge in [0.2, 0.25) is 0 Å². The largest absolute Gasteiger partial charge is 0.342 e. The van der Waals surface area contributed by atoms with E-state index in [1.165, 1.54) is 11.3 Å². The van der Waals surface area contributed by atoms with Gasteiger partial charge in [0.1, 0.15) is 11.9 Å². The molecule has 1 N–H and O–H groups in total. The Labute approximate surface area is 149 Å². The van der Waals surface area contributed by atoms with Gasteiger partial charge in [0, 0.05) is 24.9 Å². The van der Waals surface area contributed by atoms with Crippen LogP contribution in [0.15, 0.2) is 35.7 Å². The summed E-state index contributed by atoms with van der Waals surface area (Å²) in [6.45, 7) is 1.53. The molecule has 1 aliphatic rings. The van der Waals surface area contributed by atoms with E-state index < -0.39 is 0 Å². The van der Waals surface area contributed by atoms with Crippen LogP contribution in [0.4, 0.5) is 0 Å². The van der Waals surface area contributed by atoms with Crippen LogP contribution in [0.2, 0.25) is 0 Å². The van der Waals surface area contributed by atoms with Crippen molar-refractivity contribution >= 4 is 28.3 Å². The smallest absolute Gasteiger partial charge is 0.263 e. The van der Waals surface area contributed by atoms with E-state index in [1.54, 1.807) is 11.4 Å². The van der Waals surface area contributed by atoms with E-state index in [2.05, 4.69) is 16.0 Å². The van der Waals surface area contributed by atoms with Crippen LogP contribution >= 0.6 is 11.3 Å². The van der Waals surface area contributed by atoms with Crippen LogP contribution in [0.1, 0.15) is 33.9 Å². The van der Waals surface area contributed by atoms with E-state index in [0.717, 1.165) is 49.2 Å². The number of nitrogens with one attached hydrogen (secondary N) is 1. The monoisotopic (exact) mass is 350 g/mol. The number of thiophene rings is 1. The summed E-state index contributed by atoms with van der Waals surface area (Å²) in [6.07, 6.45) is 2.90. The zero-order chi connectivity index (χ0) is 17.2. The second-order valence-electron chi connectivity index (χ2n) is 6.45. The Kier molecular flexibility index (Phi) is 4.24. The van der Waals surface area contributed by atoms with Gasteiger partial charge in [-0.3, -0.25) is 4.79 Å². The van der Waals surface area contributed by atoms with Crippen molar-refractivity contribution in [3.05, 3.63) is 52.0 Å². The number of likely N-dealkylation sites (tertiary alicyclic amines) is 1. The number of hydrogen-bond acceptors (Lipinski definition) is 4. The summed E-state index contributed by atoms with van der Waals surface area (Å²) in [7, 11) is 0. The molecule has 2 aromatic heterocycles. The summed E-state index contributed by atoms with van der Waals surface area (Å²) in [6, 6.07) is 11.8. The number of nitriles is 1. The molecule has 5 nitrogen and oxygen atoms in total. The number of carbonyl (C=O) groups is 1. The average Bonchev–Trinajstić information content (AvgIpc) is 3.28. The van der Waals surface area contributed by atoms with E-state index in [4.69, 9.17) is 5.26 Å². The van der Waals surface area contributed by atoms with Gasteiger partial charge in [-0.1, -0.05) is 12.1 Å². The first-order valence-electron chi connectivity index (χ1n) is 8.44. The molecule has 1 aliphatic heterocycles. The van der Waals surface area contributed by atoms with Gasteiger partial charge >= 0.3 is 0 Å². The van der Waals surface area contributed by atoms with Crippen molar-refractivity contribution in [2.24, 2.45) is 5.92 Å². The molecular formula is C19H18N4OS. The molecule has 1 amide bonds. The summed E-state index contributed by atoms with van der Waals surface area (Å²) < 4.78 is 0. The number of hydrogen-bond donors (Lipinski definition) is 1. The number of H-pyrrole nitrogens is 1. The highest BCUT2D eigenvalue weighted by Gasteiger charge is 2.25. The normalized spacial score (nSPS) is 15.4. The summed E-state index contributed by atoms with van der Waals surface area (Å²) >= 11 is 1.35. The Balaban J connectivity index is 1.36. The van der Waals surface area contributed by atoms with Crippen molar-refractivity contribution < 1.29 is 4.79 Å². The van der Waals surface area contributed by atoms with Gasteiger partial charge in [-0.2, -0.15) is 5.26 Å². The van der Waals surface area contributed by atoms with Crippen LogP contribution < -0.4 is 0 Å². The molecule has 0 aliphatic carbocycles. The SMILES string of the molecule is N#Cc1csc(C(=O)N2CCC(Cc3nc4ccccc4[nH]3)CC2)c1. The Bertz CT molecular complexity index is 911. The van der Waals surface area contributed by atoms with E-state index in [0.29, 0.717) is 16.4 Å². The van der Waals surface area contributed by atoms with Crippen molar-refractivity contribution in [1.82, 2.24) is 14.9 Å². The topological polar surface area (TPSA) is 72.8 Å². The van der Waals surface area contributed by atoms with Crippen LogP contribution in [-0.2, 0) is 6.42 Å². The summed E-state index contributed by atoms with van der Waals surface area (Å²) in [5, 5.41) is 10.6. The maximum Gasteiger partial charge on any atom is 0.263 e. The molecule has 25 heavy (non-hydrogen) atoms. The molecule has 1 fully saturated rings. The molecule has 0 spiro atoms. The number of imidazole rings is 1. The number of nitrogens with zero attached hydrogens (tertiary/aromatic N) is 3. The fourth-order valence-corrected chi connectivity index (χ4v) is 4.18. The van der Waals surface area contributed by atoms with Crippen molar-refractivity contribution in [2.75, 3.05) is 13.1 Å². The number of benzene rings is 1. The fourth-order valence-electron chi connectivity index (χ4n) is 3.38. The van der Waals surface area contributed by atoms with Gasteiger partial charge in [0.05, 0.1) is 21.5 Å². The predicted molar refractivity (Wildman–Crippen MR) is 97.5 cm³/mol. The number of para-hydroxylation sites is 2. The molecule has 0 unspecified atom stereocenters. The van der Waals surface area contributed by atoms with Crippen molar-refractivity contribution in [3.63, 3.8) is 0 Å². The van der Waals surface area contributed by atoms with Gasteiger partial charge in [-0.05, 0) is 37.0 Å². The van der Waals surface area contributed by atoms with Gasteiger partial charge in [-0.25, -0.2) is 4.98 Å². The Morgan fingerprint density at radius 3 is 2.88 bits per heavy atom. The third-order valence-corrected chi connectivity index (χ3v) is 5.68. The average molecular weight is 350 g/mol. The number of carbonyl (C=O) groups excluding carboxylic acids is 1. The molecule has 0 radical (unpaired) electrons. The van der Waals surface area contributed by atoms with Crippen LogP contribution in [0.3, 0.4) is 0 Å². The van der Waals surface area contributed by atoms with E-state index in [-0.39, 0.29) is 5.91 Å². The molecule has 4 rings (SSSR count). The molecule has 6 heteroatoms. The van der Waals surface area contributed by atoms with Crippen LogP contribution in [0.5, 0.6) is 0 Å². The third kappa shape index (κ3) is 3.28. The van der Waals surface area contributed by atoms with Crippen LogP contribution in [0.25, 0.3) is 11.0 Å². The second kappa shape index (κ2) is 6.69. The van der Waals surface area contributed by atoms with Crippen LogP contribution in [0, 0.1) is 17.2 Å². The molecule has 126 valence electrons. The summed E-state index contributed by atoms with van der Waals surface area (Å²) in [5.74, 6) is 1.62. The number of aromatic nitrogens is 2. The van der Waals surface area contributed by atoms with Crippen molar-refractivity contribution in [2.45, 2.75) is 19.3 Å². The first kappa shape index (κ1) is 15.9. The third-order valence-electron chi connectivity index (χ3n) is 4.76. The Hall–Kier alpha value is -2.65. The van der Waals surface area contributed by atoms with Gasteiger partial charge in [0.25, 0.3) is 5.91 Å². The highest BCUT2D eigenvalue weighted by molar-refractivity contribution is 7.12. The standard InChI is InChI=1S/C19H18N4OS/c20-11-14-9-17(25-12-14)19(24)23-7-5-13(6-8-23)10-18-21-15-3-1-2-4-16(15)22-18/h1-4,9,12-13H,5-8,10H2,(H,21,22). The highest BCUT2D eigenvalue weighted by Crippen LogP contribution is 2.24.